The van der Waals surface area contributed by atoms with Crippen LogP contribution in [0.3, 0.4) is 0 Å². The van der Waals surface area contributed by atoms with Crippen LogP contribution in [0.5, 0.6) is 5.75 Å². The van der Waals surface area contributed by atoms with Gasteiger partial charge in [-0.05, 0) is 31.5 Å². The second-order valence-corrected chi connectivity index (χ2v) is 7.60. The molecule has 9 heteroatoms. The van der Waals surface area contributed by atoms with Crippen molar-refractivity contribution < 1.29 is 31.8 Å². The van der Waals surface area contributed by atoms with Crippen LogP contribution in [-0.2, 0) is 16.0 Å². The van der Waals surface area contributed by atoms with Crippen molar-refractivity contribution in [1.29, 1.82) is 0 Å². The number of halogens is 4. The fourth-order valence-electron chi connectivity index (χ4n) is 3.77. The summed E-state index contributed by atoms with van der Waals surface area (Å²) in [6, 6.07) is 6.39. The fraction of sp³-hybridized carbons (Fsp3) is 0.478. The van der Waals surface area contributed by atoms with E-state index in [1.807, 2.05) is 6.07 Å². The van der Waals surface area contributed by atoms with Crippen LogP contribution in [0.4, 0.5) is 23.2 Å². The number of nitrogens with one attached hydrogen (secondary N) is 1. The van der Waals surface area contributed by atoms with Gasteiger partial charge in [0, 0.05) is 40.5 Å². The van der Waals surface area contributed by atoms with E-state index in [0.29, 0.717) is 23.3 Å². The molecule has 1 aromatic carbocycles. The van der Waals surface area contributed by atoms with Crippen molar-refractivity contribution in [2.24, 2.45) is 5.92 Å². The van der Waals surface area contributed by atoms with Gasteiger partial charge in [0.05, 0.1) is 13.7 Å². The van der Waals surface area contributed by atoms with E-state index in [1.54, 1.807) is 19.2 Å². The minimum absolute atomic E-state index is 0.0488. The van der Waals surface area contributed by atoms with Crippen molar-refractivity contribution >= 4 is 12.1 Å². The number of aromatic nitrogens is 1. The number of ether oxygens (including phenoxy) is 2. The molecule has 1 fully saturated rings. The molecule has 2 heterocycles. The highest BCUT2D eigenvalue weighted by molar-refractivity contribution is 5.70. The van der Waals surface area contributed by atoms with E-state index in [9.17, 15) is 22.4 Å². The zero-order chi connectivity index (χ0) is 23.9. The average molecular weight is 456 g/mol. The number of aryl methyl sites for hydroxylation is 1. The van der Waals surface area contributed by atoms with Crippen molar-refractivity contribution in [3.05, 3.63) is 53.1 Å². The van der Waals surface area contributed by atoms with Gasteiger partial charge in [-0.15, -0.1) is 0 Å². The molecule has 2 aromatic rings. The summed E-state index contributed by atoms with van der Waals surface area (Å²) in [5.41, 5.74) is 2.69. The third-order valence-electron chi connectivity index (χ3n) is 5.41. The Labute approximate surface area is 185 Å². The summed E-state index contributed by atoms with van der Waals surface area (Å²) < 4.78 is 62.0. The summed E-state index contributed by atoms with van der Waals surface area (Å²) in [4.78, 5) is 14.3. The van der Waals surface area contributed by atoms with Gasteiger partial charge in [-0.1, -0.05) is 26.3 Å². The maximum Gasteiger partial charge on any atom is 0.414 e. The molecule has 1 aromatic heterocycles. The maximum atomic E-state index is 13.5. The number of benzene rings is 1. The van der Waals surface area contributed by atoms with Crippen LogP contribution in [0.25, 0.3) is 0 Å². The number of methoxy groups -OCH3 is 1. The zero-order valence-corrected chi connectivity index (χ0v) is 18.5. The van der Waals surface area contributed by atoms with Gasteiger partial charge >= 0.3 is 6.18 Å². The smallest absolute Gasteiger partial charge is 0.414 e. The van der Waals surface area contributed by atoms with E-state index < -0.39 is 29.9 Å². The first-order chi connectivity index (χ1) is 15.1. The van der Waals surface area contributed by atoms with Crippen LogP contribution in [0.2, 0.25) is 0 Å². The van der Waals surface area contributed by atoms with Gasteiger partial charge < -0.3 is 14.8 Å². The van der Waals surface area contributed by atoms with Crippen LogP contribution in [-0.4, -0.2) is 37.4 Å². The third-order valence-corrected chi connectivity index (χ3v) is 5.41. The van der Waals surface area contributed by atoms with Gasteiger partial charge in [-0.25, -0.2) is 4.39 Å². The Morgan fingerprint density at radius 2 is 2.03 bits per heavy atom. The summed E-state index contributed by atoms with van der Waals surface area (Å²) in [5.74, 6) is -1.34. The monoisotopic (exact) mass is 456 g/mol. The molecule has 1 amide bonds. The van der Waals surface area contributed by atoms with E-state index in [-0.39, 0.29) is 6.61 Å². The van der Waals surface area contributed by atoms with E-state index in [1.165, 1.54) is 26.2 Å². The third kappa shape index (κ3) is 6.18. The molecule has 5 nitrogen and oxygen atoms in total. The van der Waals surface area contributed by atoms with Gasteiger partial charge in [-0.2, -0.15) is 13.2 Å². The van der Waals surface area contributed by atoms with Crippen molar-refractivity contribution in [3.8, 4) is 5.75 Å². The molecule has 32 heavy (non-hydrogen) atoms. The number of carbonyl (C=O) groups is 1. The largest absolute Gasteiger partial charge is 0.496 e. The van der Waals surface area contributed by atoms with Gasteiger partial charge in [-0.3, -0.25) is 9.78 Å². The van der Waals surface area contributed by atoms with E-state index in [4.69, 9.17) is 9.47 Å². The van der Waals surface area contributed by atoms with E-state index in [2.05, 4.69) is 17.2 Å². The molecular weight excluding hydrogens is 428 g/mol. The molecule has 176 valence electrons. The summed E-state index contributed by atoms with van der Waals surface area (Å²) in [5, 5.41) is 2.59. The van der Waals surface area contributed by atoms with Crippen molar-refractivity contribution in [2.75, 3.05) is 19.0 Å². The van der Waals surface area contributed by atoms with E-state index >= 15 is 0 Å². The summed E-state index contributed by atoms with van der Waals surface area (Å²) >= 11 is 0. The molecule has 1 N–H and O–H groups in total. The first kappa shape index (κ1) is 25.6. The SMILES string of the molecule is CCCc1cc(NC=O)ccn1.COc1c(C2COC(C(F)(F)F)C2C)ccc(F)c1C. The summed E-state index contributed by atoms with van der Waals surface area (Å²) in [6.45, 7) is 5.08. The molecule has 3 atom stereocenters. The van der Waals surface area contributed by atoms with Crippen LogP contribution >= 0.6 is 0 Å². The highest BCUT2D eigenvalue weighted by atomic mass is 19.4. The highest BCUT2D eigenvalue weighted by Crippen LogP contribution is 2.45. The Morgan fingerprint density at radius 1 is 1.31 bits per heavy atom. The molecule has 1 saturated heterocycles. The van der Waals surface area contributed by atoms with Crippen molar-refractivity contribution in [3.63, 3.8) is 0 Å². The molecule has 3 rings (SSSR count). The molecule has 0 spiro atoms. The second-order valence-electron chi connectivity index (χ2n) is 7.60. The predicted molar refractivity (Wildman–Crippen MR) is 113 cm³/mol. The molecule has 1 aliphatic heterocycles. The standard InChI is InChI=1S/C14H16F4O2.C9H12N2O/c1-7-10(6-20-13(7)14(16,17)18)9-4-5-11(15)8(2)12(9)19-3;1-2-3-8-6-9(11-7-12)4-5-10-8/h4-5,7,10,13H,6H2,1-3H3;4-7H,2-3H2,1H3,(H,10,11,12). The second kappa shape index (κ2) is 11.3. The van der Waals surface area contributed by atoms with Crippen molar-refractivity contribution in [2.45, 2.75) is 51.8 Å². The lowest BCUT2D eigenvalue weighted by molar-refractivity contribution is -0.215. The first-order valence-corrected chi connectivity index (χ1v) is 10.3. The molecule has 0 aliphatic carbocycles. The number of nitrogens with zero attached hydrogens (tertiary/aromatic N) is 1. The van der Waals surface area contributed by atoms with Gasteiger partial charge in [0.15, 0.2) is 6.10 Å². The normalized spacial score (nSPS) is 20.3. The van der Waals surface area contributed by atoms with Crippen LogP contribution in [0.15, 0.2) is 30.5 Å². The Balaban J connectivity index is 0.000000258. The van der Waals surface area contributed by atoms with Crippen molar-refractivity contribution in [1.82, 2.24) is 4.98 Å². The van der Waals surface area contributed by atoms with Gasteiger partial charge in [0.1, 0.15) is 11.6 Å². The first-order valence-electron chi connectivity index (χ1n) is 10.3. The van der Waals surface area contributed by atoms with Crippen LogP contribution < -0.4 is 10.1 Å². The molecule has 3 unspecified atom stereocenters. The number of alkyl halides is 3. The Bertz CT molecular complexity index is 905. The number of carbonyl (C=O) groups excluding carboxylic acids is 1. The quantitative estimate of drug-likeness (QED) is 0.465. The number of pyridine rings is 1. The van der Waals surface area contributed by atoms with E-state index in [0.717, 1.165) is 24.2 Å². The Kier molecular flexibility index (Phi) is 9.00. The lowest BCUT2D eigenvalue weighted by Gasteiger charge is -2.22. The maximum absolute atomic E-state index is 13.5. The number of hydrogen-bond donors (Lipinski definition) is 1. The summed E-state index contributed by atoms with van der Waals surface area (Å²) in [7, 11) is 1.38. The molecular formula is C23H28F4N2O3. The highest BCUT2D eigenvalue weighted by Gasteiger charge is 2.51. The Morgan fingerprint density at radius 3 is 2.59 bits per heavy atom. The number of amides is 1. The lowest BCUT2D eigenvalue weighted by atomic mass is 9.85. The van der Waals surface area contributed by atoms with Gasteiger partial charge in [0.25, 0.3) is 0 Å². The topological polar surface area (TPSA) is 60.5 Å². The van der Waals surface area contributed by atoms with Crippen LogP contribution in [0, 0.1) is 18.7 Å². The molecule has 0 bridgehead atoms. The number of rotatable bonds is 6. The van der Waals surface area contributed by atoms with Gasteiger partial charge in [0.2, 0.25) is 6.41 Å². The lowest BCUT2D eigenvalue weighted by Crippen LogP contribution is -2.33. The average Bonchev–Trinajstić information content (AvgIpc) is 3.13. The summed E-state index contributed by atoms with van der Waals surface area (Å²) in [6.07, 6.45) is -1.79. The molecule has 1 aliphatic rings. The minimum Gasteiger partial charge on any atom is -0.496 e. The molecule has 0 radical (unpaired) electrons. The molecule has 0 saturated carbocycles. The zero-order valence-electron chi connectivity index (χ0n) is 18.5. The fourth-order valence-corrected chi connectivity index (χ4v) is 3.77. The predicted octanol–water partition coefficient (Wildman–Crippen LogP) is 5.43. The number of anilines is 1. The van der Waals surface area contributed by atoms with Crippen LogP contribution in [0.1, 0.15) is 43.0 Å². The number of hydrogen-bond acceptors (Lipinski definition) is 4. The minimum atomic E-state index is -4.39. The Hall–Kier alpha value is -2.68.